The van der Waals surface area contributed by atoms with E-state index in [-0.39, 0.29) is 19.1 Å². The SMILES string of the molecule is Fc1cccc(F)c1N1c2cc3c(cc2B2c4ccccc4N(c4ccccc4)c4cc(N(c5ccccc5)c5ccccc5)cc1c42)B1c2ccccc2N(c2ccccc2)c2cc(N(c4ccc(-c5ccccc5)cc4)c4ccccc4-c4ccccc4)cc(c21)S3. The Morgan fingerprint density at radius 1 is 0.277 bits per heavy atom. The van der Waals surface area contributed by atoms with E-state index in [4.69, 9.17) is 0 Å². The molecular formula is C84H55B2F2N5S. The minimum atomic E-state index is -0.664. The van der Waals surface area contributed by atoms with Crippen LogP contribution in [0.1, 0.15) is 0 Å². The molecule has 94 heavy (non-hydrogen) atoms. The zero-order chi connectivity index (χ0) is 62.4. The van der Waals surface area contributed by atoms with E-state index in [1.54, 1.807) is 11.8 Å². The summed E-state index contributed by atoms with van der Waals surface area (Å²) in [4.78, 5) is 13.4. The first-order valence-electron chi connectivity index (χ1n) is 31.8. The quantitative estimate of drug-likeness (QED) is 0.119. The van der Waals surface area contributed by atoms with Crippen molar-refractivity contribution in [3.8, 4) is 22.3 Å². The van der Waals surface area contributed by atoms with Gasteiger partial charge < -0.3 is 24.5 Å². The molecule has 5 nitrogen and oxygen atoms in total. The van der Waals surface area contributed by atoms with Crippen LogP contribution in [0.25, 0.3) is 22.3 Å². The number of halogens is 2. The molecule has 0 bridgehead atoms. The Bertz CT molecular complexity index is 5190. The van der Waals surface area contributed by atoms with Gasteiger partial charge >= 0.3 is 0 Å². The largest absolute Gasteiger partial charge is 0.311 e. The van der Waals surface area contributed by atoms with E-state index >= 15 is 8.78 Å². The Morgan fingerprint density at radius 2 is 0.723 bits per heavy atom. The van der Waals surface area contributed by atoms with Gasteiger partial charge in [-0.1, -0.05) is 230 Å². The molecule has 442 valence electrons. The van der Waals surface area contributed by atoms with E-state index in [9.17, 15) is 0 Å². The predicted molar refractivity (Wildman–Crippen MR) is 391 cm³/mol. The maximum Gasteiger partial charge on any atom is 0.252 e. The van der Waals surface area contributed by atoms with E-state index in [2.05, 4.69) is 293 Å². The summed E-state index contributed by atoms with van der Waals surface area (Å²) in [7, 11) is 0. The molecule has 0 N–H and O–H groups in total. The monoisotopic (exact) mass is 1230 g/mol. The number of hydrogen-bond donors (Lipinski definition) is 0. The number of anilines is 15. The normalized spacial score (nSPS) is 12.9. The van der Waals surface area contributed by atoms with Crippen molar-refractivity contribution in [3.63, 3.8) is 0 Å². The first-order chi connectivity index (χ1) is 46.5. The van der Waals surface area contributed by atoms with Crippen LogP contribution in [0.3, 0.4) is 0 Å². The summed E-state index contributed by atoms with van der Waals surface area (Å²) >= 11 is 1.73. The molecule has 0 fully saturated rings. The average molecular weight is 1230 g/mol. The van der Waals surface area contributed by atoms with Gasteiger partial charge in [0, 0.05) is 83.6 Å². The lowest BCUT2D eigenvalue weighted by molar-refractivity contribution is 0.586. The third-order valence-electron chi connectivity index (χ3n) is 18.9. The fourth-order valence-electron chi connectivity index (χ4n) is 15.0. The van der Waals surface area contributed by atoms with Gasteiger partial charge in [0.05, 0.1) is 11.4 Å². The molecule has 0 atom stereocenters. The van der Waals surface area contributed by atoms with Gasteiger partial charge in [-0.3, -0.25) is 0 Å². The van der Waals surface area contributed by atoms with Crippen molar-refractivity contribution >= 4 is 143 Å². The second kappa shape index (κ2) is 22.7. The van der Waals surface area contributed by atoms with Crippen LogP contribution in [0.4, 0.5) is 94.1 Å². The Labute approximate surface area is 550 Å². The minimum Gasteiger partial charge on any atom is -0.311 e. The van der Waals surface area contributed by atoms with Crippen LogP contribution in [-0.2, 0) is 0 Å². The third kappa shape index (κ3) is 9.00. The second-order valence-corrected chi connectivity index (χ2v) is 25.3. The van der Waals surface area contributed by atoms with Crippen molar-refractivity contribution in [1.29, 1.82) is 0 Å². The van der Waals surface area contributed by atoms with Gasteiger partial charge in [-0.2, -0.15) is 0 Å². The van der Waals surface area contributed by atoms with Crippen LogP contribution >= 0.6 is 11.8 Å². The zero-order valence-electron chi connectivity index (χ0n) is 50.8. The Balaban J connectivity index is 0.914. The van der Waals surface area contributed by atoms with E-state index < -0.39 is 11.6 Å². The van der Waals surface area contributed by atoms with Crippen molar-refractivity contribution in [3.05, 3.63) is 345 Å². The molecule has 0 saturated heterocycles. The number of fused-ring (bicyclic) bond motifs is 8. The summed E-state index contributed by atoms with van der Waals surface area (Å²) in [6, 6.07) is 116. The summed E-state index contributed by atoms with van der Waals surface area (Å²) in [5, 5.41) is 0. The lowest BCUT2D eigenvalue weighted by Gasteiger charge is -2.46. The maximum atomic E-state index is 17.7. The average Bonchev–Trinajstić information content (AvgIpc) is 0.689. The van der Waals surface area contributed by atoms with Crippen LogP contribution in [0.15, 0.2) is 343 Å². The number of rotatable bonds is 11. The van der Waals surface area contributed by atoms with Gasteiger partial charge in [0.2, 0.25) is 6.71 Å². The van der Waals surface area contributed by atoms with Crippen molar-refractivity contribution in [2.45, 2.75) is 9.79 Å². The highest BCUT2D eigenvalue weighted by atomic mass is 32.2. The number of nitrogens with zero attached hydrogens (tertiary/aromatic N) is 5. The van der Waals surface area contributed by atoms with Crippen molar-refractivity contribution in [2.24, 2.45) is 0 Å². The molecule has 14 aromatic rings. The standard InChI is InChI=1S/C84H55B2F2N5S/c87-71-41-25-42-72(88)84(71)93-76-55-80-70(54-69(76)85-67-39-20-23-44-74(67)91(61-34-15-5-16-35-61)77-50-64(51-78(93)82(77)85)89(59-30-11-3-12-31-59)60-32-13-4-14-33-60)86-68-40-21-24-45-75(68)92(62-36-17-6-18-37-62)79-52-65(53-81(94-80)83(79)86)90(63-48-46-57(47-49-63)56-26-7-1-8-27-56)73-43-22-19-38-66(73)58-28-9-2-10-29-58/h1-55H. The molecule has 0 spiro atoms. The molecule has 18 rings (SSSR count). The van der Waals surface area contributed by atoms with E-state index in [0.29, 0.717) is 11.4 Å². The summed E-state index contributed by atoms with van der Waals surface area (Å²) in [6.45, 7) is -0.623. The van der Waals surface area contributed by atoms with Gasteiger partial charge in [0.1, 0.15) is 17.3 Å². The Morgan fingerprint density at radius 3 is 1.31 bits per heavy atom. The highest BCUT2D eigenvalue weighted by Crippen LogP contribution is 2.52. The van der Waals surface area contributed by atoms with Crippen LogP contribution in [0.5, 0.6) is 0 Å². The first kappa shape index (κ1) is 55.3. The van der Waals surface area contributed by atoms with Gasteiger partial charge in [0.25, 0.3) is 6.71 Å². The highest BCUT2D eigenvalue weighted by molar-refractivity contribution is 8.00. The zero-order valence-corrected chi connectivity index (χ0v) is 51.6. The van der Waals surface area contributed by atoms with Crippen LogP contribution in [0.2, 0.25) is 0 Å². The summed E-state index contributed by atoms with van der Waals surface area (Å²) < 4.78 is 35.3. The molecule has 0 amide bonds. The highest BCUT2D eigenvalue weighted by Gasteiger charge is 2.48. The van der Waals surface area contributed by atoms with Gasteiger partial charge in [-0.15, -0.1) is 0 Å². The van der Waals surface area contributed by atoms with Crippen molar-refractivity contribution in [1.82, 2.24) is 0 Å². The molecule has 0 unspecified atom stereocenters. The fraction of sp³-hybridized carbons (Fsp3) is 0. The molecule has 4 heterocycles. The van der Waals surface area contributed by atoms with Crippen LogP contribution < -0.4 is 57.3 Å². The van der Waals surface area contributed by atoms with Crippen molar-refractivity contribution < 1.29 is 8.78 Å². The van der Waals surface area contributed by atoms with E-state index in [1.807, 2.05) is 47.4 Å². The molecule has 0 aliphatic carbocycles. The lowest BCUT2D eigenvalue weighted by Crippen LogP contribution is -2.64. The molecule has 0 saturated carbocycles. The Hall–Kier alpha value is -11.6. The summed E-state index contributed by atoms with van der Waals surface area (Å²) in [5.41, 5.74) is 24.0. The molecule has 14 aromatic carbocycles. The molecule has 10 heteroatoms. The molecular weight excluding hydrogens is 1170 g/mol. The summed E-state index contributed by atoms with van der Waals surface area (Å²) in [5.74, 6) is -1.33. The molecule has 4 aliphatic heterocycles. The number of hydrogen-bond acceptors (Lipinski definition) is 6. The van der Waals surface area contributed by atoms with E-state index in [1.165, 1.54) is 23.7 Å². The van der Waals surface area contributed by atoms with Crippen LogP contribution in [-0.4, -0.2) is 13.4 Å². The summed E-state index contributed by atoms with van der Waals surface area (Å²) in [6.07, 6.45) is 0. The van der Waals surface area contributed by atoms with Crippen LogP contribution in [0, 0.1) is 11.6 Å². The second-order valence-electron chi connectivity index (χ2n) is 24.2. The van der Waals surface area contributed by atoms with Gasteiger partial charge in [-0.05, 0) is 165 Å². The third-order valence-corrected chi connectivity index (χ3v) is 20.1. The topological polar surface area (TPSA) is 16.2 Å². The first-order valence-corrected chi connectivity index (χ1v) is 32.7. The lowest BCUT2D eigenvalue weighted by atomic mass is 9.31. The van der Waals surface area contributed by atoms with E-state index in [0.717, 1.165) is 128 Å². The molecule has 0 radical (unpaired) electrons. The van der Waals surface area contributed by atoms with Gasteiger partial charge in [-0.25, -0.2) is 8.78 Å². The Kier molecular flexibility index (Phi) is 13.3. The fourth-order valence-corrected chi connectivity index (χ4v) is 16.2. The number of para-hydroxylation sites is 8. The van der Waals surface area contributed by atoms with Gasteiger partial charge in [0.15, 0.2) is 0 Å². The molecule has 4 aliphatic rings. The number of benzene rings is 14. The predicted octanol–water partition coefficient (Wildman–Crippen LogP) is 19.1. The van der Waals surface area contributed by atoms with Crippen molar-refractivity contribution in [2.75, 3.05) is 24.5 Å². The molecule has 0 aromatic heterocycles. The smallest absolute Gasteiger partial charge is 0.252 e. The minimum absolute atomic E-state index is 0.143. The maximum absolute atomic E-state index is 17.7.